The molecule has 0 aliphatic rings. The number of rotatable bonds is 11. The van der Waals surface area contributed by atoms with Crippen LogP contribution in [0.1, 0.15) is 20.6 Å². The van der Waals surface area contributed by atoms with Gasteiger partial charge in [-0.05, 0) is 288 Å². The van der Waals surface area contributed by atoms with Crippen LogP contribution in [0, 0.1) is 0 Å². The molecule has 0 aliphatic heterocycles. The number of furan rings is 4. The second-order valence-electron chi connectivity index (χ2n) is 37.6. The summed E-state index contributed by atoms with van der Waals surface area (Å²) < 4.78 is 156. The van der Waals surface area contributed by atoms with E-state index in [0.29, 0.717) is 16.7 Å². The van der Waals surface area contributed by atoms with Crippen LogP contribution in [0.15, 0.2) is 551 Å². The molecule has 0 amide bonds. The van der Waals surface area contributed by atoms with Crippen molar-refractivity contribution in [1.29, 1.82) is 0 Å². The van der Waals surface area contributed by atoms with Crippen LogP contribution in [-0.4, -0.2) is 0 Å². The Kier molecular flexibility index (Phi) is 16.9. The summed E-state index contributed by atoms with van der Waals surface area (Å²) in [4.78, 5) is 0. The van der Waals surface area contributed by atoms with Gasteiger partial charge in [-0.2, -0.15) is 0 Å². The molecule has 148 heavy (non-hydrogen) atoms. The first-order valence-electron chi connectivity index (χ1n) is 57.1. The zero-order valence-corrected chi connectivity index (χ0v) is 79.3. The average molecular weight is 1900 g/mol. The van der Waals surface area contributed by atoms with Crippen LogP contribution in [0.3, 0.4) is 0 Å². The van der Waals surface area contributed by atoms with E-state index < -0.39 is 18.1 Å². The number of fused-ring (bicyclic) bond motifs is 21. The van der Waals surface area contributed by atoms with Crippen LogP contribution in [0.25, 0.3) is 307 Å². The summed E-state index contributed by atoms with van der Waals surface area (Å²) >= 11 is 0. The molecule has 4 heteroatoms. The zero-order chi connectivity index (χ0) is 110. The summed E-state index contributed by atoms with van der Waals surface area (Å²) in [5.41, 5.74) is 25.6. The number of hydrogen-bond acceptors (Lipinski definition) is 4. The van der Waals surface area contributed by atoms with Crippen molar-refractivity contribution in [3.8, 4) is 122 Å². The van der Waals surface area contributed by atoms with Crippen LogP contribution in [0.2, 0.25) is 0 Å². The third-order valence-electron chi connectivity index (χ3n) is 29.6. The molecule has 27 aromatic carbocycles. The lowest BCUT2D eigenvalue weighted by molar-refractivity contribution is 0.668. The Morgan fingerprint density at radius 1 is 0.128 bits per heavy atom. The van der Waals surface area contributed by atoms with Crippen LogP contribution in [0.4, 0.5) is 0 Å². The lowest BCUT2D eigenvalue weighted by Gasteiger charge is -2.20. The second kappa shape index (κ2) is 35.3. The molecule has 0 unspecified atom stereocenters. The molecule has 31 aromatic rings. The van der Waals surface area contributed by atoms with Gasteiger partial charge in [-0.15, -0.1) is 0 Å². The van der Waals surface area contributed by atoms with Crippen LogP contribution in [-0.2, 0) is 0 Å². The fraction of sp³-hybridized carbons (Fsp3) is 0. The van der Waals surface area contributed by atoms with Gasteiger partial charge in [-0.25, -0.2) is 0 Å². The Morgan fingerprint density at radius 2 is 0.399 bits per heavy atom. The molecule has 0 saturated heterocycles. The molecule has 4 nitrogen and oxygen atoms in total. The van der Waals surface area contributed by atoms with Gasteiger partial charge in [0.05, 0.1) is 20.6 Å². The number of para-hydroxylation sites is 5. The molecule has 4 heterocycles. The molecular weight excluding hydrogens is 1790 g/mol. The lowest BCUT2D eigenvalue weighted by Crippen LogP contribution is -1.93. The van der Waals surface area contributed by atoms with Gasteiger partial charge in [-0.3, -0.25) is 0 Å². The average Bonchev–Trinajstić information content (AvgIpc) is 1.16. The highest BCUT2D eigenvalue weighted by Crippen LogP contribution is 2.56. The van der Waals surface area contributed by atoms with Crippen molar-refractivity contribution in [3.63, 3.8) is 0 Å². The first-order valence-corrected chi connectivity index (χ1v) is 49.6. The second-order valence-corrected chi connectivity index (χ2v) is 37.6. The summed E-state index contributed by atoms with van der Waals surface area (Å²) in [6.45, 7) is 0. The molecule has 0 bridgehead atoms. The molecule has 0 saturated carbocycles. The highest BCUT2D eigenvalue weighted by atomic mass is 16.3. The summed E-state index contributed by atoms with van der Waals surface area (Å²) in [5, 5.41) is 25.2. The summed E-state index contributed by atoms with van der Waals surface area (Å²) in [5.74, 6) is 0. The first kappa shape index (κ1) is 71.0. The minimum Gasteiger partial charge on any atom is -0.456 e. The molecule has 688 valence electrons. The van der Waals surface area contributed by atoms with Gasteiger partial charge in [0.15, 0.2) is 0 Å². The summed E-state index contributed by atoms with van der Waals surface area (Å²) in [6.07, 6.45) is 0. The van der Waals surface area contributed by atoms with Gasteiger partial charge in [0.1, 0.15) is 44.7 Å². The van der Waals surface area contributed by atoms with Gasteiger partial charge in [-0.1, -0.05) is 449 Å². The van der Waals surface area contributed by atoms with E-state index in [4.69, 9.17) is 38.2 Å². The Balaban J connectivity index is 0.000000113. The van der Waals surface area contributed by atoms with E-state index in [-0.39, 0.29) is 89.2 Å². The molecule has 0 fully saturated rings. The molecule has 0 radical (unpaired) electrons. The third-order valence-corrected chi connectivity index (χ3v) is 29.6. The van der Waals surface area contributed by atoms with E-state index >= 15 is 0 Å². The van der Waals surface area contributed by atoms with Crippen molar-refractivity contribution < 1.29 is 38.2 Å². The summed E-state index contributed by atoms with van der Waals surface area (Å²) in [6, 6.07) is 147. The van der Waals surface area contributed by atoms with Crippen molar-refractivity contribution >= 4 is 185 Å². The van der Waals surface area contributed by atoms with Crippen LogP contribution >= 0.6 is 0 Å². The standard InChI is InChI=1S/C54H32O2.C48H30O.C42H26O/c1-2-15-33(16-3-1)50-38-20-6-8-22-40(38)52(41-23-9-7-21-39(41)50)46-32-35(31-34-17-4-5-18-36(34)46)51-42(29-30-49-53(51)45-24-11-13-28-48(45)55-49)44-26-14-25-43-37-19-10-12-27-47(37)56-54(43)44;1-3-15-31(16-4-1)36-27-28-44-48(41-25-13-14-26-43(41)49-44)46(36)34-29-33-19-7-8-20-35(33)42(30-34)47-39-23-11-9-21-37(39)45(32-17-5-2-6-18-32)38-22-10-12-24-40(38)47;1-2-13-27(14-3-1)40-32-17-6-8-19-34(32)41(35-20-9-7-18-33(35)40)37-26-29(25-28-15-4-5-16-30(28)37)31-22-12-24-39-42(31)36-21-10-11-23-38(36)43-39/h1-32H;1-30H;1-26H/i1D,2D,3D,15D,16D;2D,5D,6D,17D,18D;1D,2D,3D,13D,14D. The molecule has 0 atom stereocenters. The van der Waals surface area contributed by atoms with E-state index in [1.807, 2.05) is 188 Å². The van der Waals surface area contributed by atoms with Crippen molar-refractivity contribution in [2.24, 2.45) is 0 Å². The maximum Gasteiger partial charge on any atom is 0.143 e. The first-order chi connectivity index (χ1) is 79.7. The monoisotopic (exact) mass is 1900 g/mol. The molecule has 0 N–H and O–H groups in total. The van der Waals surface area contributed by atoms with E-state index in [2.05, 4.69) is 255 Å². The van der Waals surface area contributed by atoms with Gasteiger partial charge in [0.2, 0.25) is 0 Å². The Morgan fingerprint density at radius 3 is 0.791 bits per heavy atom. The largest absolute Gasteiger partial charge is 0.456 e. The van der Waals surface area contributed by atoms with Crippen molar-refractivity contribution in [2.45, 2.75) is 0 Å². The molecule has 4 aromatic heterocycles. The van der Waals surface area contributed by atoms with E-state index in [0.717, 1.165) is 274 Å². The van der Waals surface area contributed by atoms with Crippen LogP contribution in [0.5, 0.6) is 0 Å². The maximum atomic E-state index is 9.07. The Labute approximate surface area is 873 Å². The molecule has 0 spiro atoms. The van der Waals surface area contributed by atoms with Gasteiger partial charge < -0.3 is 17.7 Å². The normalized spacial score (nSPS) is 13.2. The third kappa shape index (κ3) is 14.0. The van der Waals surface area contributed by atoms with Gasteiger partial charge >= 0.3 is 0 Å². The smallest absolute Gasteiger partial charge is 0.143 e. The molecule has 31 rings (SSSR count). The quantitative estimate of drug-likeness (QED) is 0.121. The minimum atomic E-state index is -0.413. The number of benzene rings is 27. The van der Waals surface area contributed by atoms with E-state index in [1.54, 1.807) is 0 Å². The molecular formula is C144H88O4. The fourth-order valence-corrected chi connectivity index (χ4v) is 23.5. The number of hydrogen-bond donors (Lipinski definition) is 0. The minimum absolute atomic E-state index is 0.187. The topological polar surface area (TPSA) is 52.6 Å². The van der Waals surface area contributed by atoms with E-state index in [1.165, 1.54) is 0 Å². The predicted molar refractivity (Wildman–Crippen MR) is 626 cm³/mol. The maximum absolute atomic E-state index is 9.07. The SMILES string of the molecule is [2H]c1c([2H])c([2H])c(-c2c3ccccc3c(-c3cc(-c4c(-c5cccc6c5oc5ccccc56)ccc5oc6ccccc6c45)cc4ccccc34)c3ccccc23)c([2H])c1[2H].[2H]c1c([2H])c([2H])c(-c2c3ccccc3c(-c3cc(-c4c(-c5ccccc5)ccc5oc6ccccc6c45)cc4ccccc34)c3ccccc23)c([2H])c1[2H].[2H]c1c([2H])c([2H])c(-c2c3ccccc3c(-c3cc(-c4cccc5oc6ccccc6c45)cc4ccccc34)c3ccccc23)c([2H])c1[2H]. The van der Waals surface area contributed by atoms with Crippen molar-refractivity contribution in [1.82, 2.24) is 0 Å². The summed E-state index contributed by atoms with van der Waals surface area (Å²) in [7, 11) is 0. The molecule has 0 aliphatic carbocycles. The fourth-order valence-electron chi connectivity index (χ4n) is 23.5. The van der Waals surface area contributed by atoms with Gasteiger partial charge in [0, 0.05) is 59.8 Å². The van der Waals surface area contributed by atoms with E-state index in [9.17, 15) is 0 Å². The van der Waals surface area contributed by atoms with Gasteiger partial charge in [0.25, 0.3) is 0 Å². The predicted octanol–water partition coefficient (Wildman–Crippen LogP) is 41.4. The Bertz CT molecular complexity index is 11600. The zero-order valence-electron chi connectivity index (χ0n) is 94.3. The van der Waals surface area contributed by atoms with Crippen LogP contribution < -0.4 is 0 Å². The lowest BCUT2D eigenvalue weighted by atomic mass is 9.82. The van der Waals surface area contributed by atoms with Crippen molar-refractivity contribution in [3.05, 3.63) is 533 Å². The highest BCUT2D eigenvalue weighted by Gasteiger charge is 2.29. The van der Waals surface area contributed by atoms with Crippen molar-refractivity contribution in [2.75, 3.05) is 0 Å². The Hall–Kier alpha value is -19.5. The highest BCUT2D eigenvalue weighted by molar-refractivity contribution is 6.30.